The summed E-state index contributed by atoms with van der Waals surface area (Å²) in [5, 5.41) is 3.25. The first kappa shape index (κ1) is 9.19. The van der Waals surface area contributed by atoms with Crippen LogP contribution in [0.3, 0.4) is 0 Å². The van der Waals surface area contributed by atoms with E-state index in [1.807, 2.05) is 17.8 Å². The average molecular weight is 231 g/mol. The summed E-state index contributed by atoms with van der Waals surface area (Å²) in [7, 11) is 0. The van der Waals surface area contributed by atoms with Crippen LogP contribution in [0.15, 0.2) is 46.8 Å². The molecule has 1 aliphatic rings. The minimum Gasteiger partial charge on any atom is -0.240 e. The maximum atomic E-state index is 4.68. The van der Waals surface area contributed by atoms with E-state index in [0.717, 1.165) is 16.5 Å². The number of rotatable bonds is 1. The zero-order chi connectivity index (χ0) is 10.1. The van der Waals surface area contributed by atoms with Gasteiger partial charge in [0, 0.05) is 5.75 Å². The number of nitrogens with zero attached hydrogens (tertiary/aromatic N) is 1. The summed E-state index contributed by atoms with van der Waals surface area (Å²) in [5.41, 5.74) is 2.46. The largest absolute Gasteiger partial charge is 0.240 e. The fourth-order valence-corrected chi connectivity index (χ4v) is 3.39. The molecule has 0 spiro atoms. The van der Waals surface area contributed by atoms with Crippen LogP contribution in [0.5, 0.6) is 0 Å². The number of hydrogen-bond acceptors (Lipinski definition) is 3. The maximum absolute atomic E-state index is 4.68. The minimum absolute atomic E-state index is 1.03. The Labute approximate surface area is 96.9 Å². The predicted octanol–water partition coefficient (Wildman–Crippen LogP) is 4.07. The van der Waals surface area contributed by atoms with E-state index in [1.165, 1.54) is 10.4 Å². The molecule has 0 saturated carbocycles. The monoisotopic (exact) mass is 231 g/mol. The van der Waals surface area contributed by atoms with Gasteiger partial charge in [-0.2, -0.15) is 0 Å². The molecule has 1 aromatic heterocycles. The van der Waals surface area contributed by atoms with Crippen LogP contribution in [0.1, 0.15) is 10.4 Å². The SMILES string of the molecule is c1csc(C2=Nc3ccccc3CS2)c1. The van der Waals surface area contributed by atoms with E-state index < -0.39 is 0 Å². The first-order valence-electron chi connectivity index (χ1n) is 4.77. The summed E-state index contributed by atoms with van der Waals surface area (Å²) >= 11 is 3.58. The highest BCUT2D eigenvalue weighted by molar-refractivity contribution is 8.14. The zero-order valence-corrected chi connectivity index (χ0v) is 9.65. The number of thiophene rings is 1. The Hall–Kier alpha value is -1.06. The summed E-state index contributed by atoms with van der Waals surface area (Å²) in [6.45, 7) is 0. The molecule has 0 N–H and O–H groups in total. The molecule has 1 aliphatic heterocycles. The highest BCUT2D eigenvalue weighted by Crippen LogP contribution is 2.33. The molecule has 0 saturated heterocycles. The van der Waals surface area contributed by atoms with Crippen LogP contribution in [0.25, 0.3) is 0 Å². The normalized spacial score (nSPS) is 14.5. The molecule has 0 atom stereocenters. The van der Waals surface area contributed by atoms with Gasteiger partial charge < -0.3 is 0 Å². The van der Waals surface area contributed by atoms with Crippen molar-refractivity contribution in [1.29, 1.82) is 0 Å². The molecule has 2 aromatic rings. The first-order chi connectivity index (χ1) is 7.43. The van der Waals surface area contributed by atoms with Gasteiger partial charge in [0.1, 0.15) is 5.04 Å². The van der Waals surface area contributed by atoms with Gasteiger partial charge in [-0.25, -0.2) is 4.99 Å². The van der Waals surface area contributed by atoms with E-state index in [9.17, 15) is 0 Å². The highest BCUT2D eigenvalue weighted by Gasteiger charge is 2.13. The summed E-state index contributed by atoms with van der Waals surface area (Å²) in [6.07, 6.45) is 0. The summed E-state index contributed by atoms with van der Waals surface area (Å²) in [4.78, 5) is 5.95. The van der Waals surface area contributed by atoms with Crippen LogP contribution >= 0.6 is 23.1 Å². The Morgan fingerprint density at radius 1 is 1.07 bits per heavy atom. The molecule has 0 amide bonds. The van der Waals surface area contributed by atoms with Crippen molar-refractivity contribution in [3.05, 3.63) is 52.2 Å². The maximum Gasteiger partial charge on any atom is 0.114 e. The number of fused-ring (bicyclic) bond motifs is 1. The second-order valence-corrected chi connectivity index (χ2v) is 5.22. The lowest BCUT2D eigenvalue weighted by Crippen LogP contribution is -1.98. The van der Waals surface area contributed by atoms with Gasteiger partial charge in [0.15, 0.2) is 0 Å². The number of benzene rings is 1. The average Bonchev–Trinajstić information content (AvgIpc) is 2.82. The summed E-state index contributed by atoms with van der Waals surface area (Å²) in [6, 6.07) is 12.6. The van der Waals surface area contributed by atoms with Gasteiger partial charge in [0.25, 0.3) is 0 Å². The van der Waals surface area contributed by atoms with Gasteiger partial charge >= 0.3 is 0 Å². The predicted molar refractivity (Wildman–Crippen MR) is 68.3 cm³/mol. The van der Waals surface area contributed by atoms with Crippen molar-refractivity contribution in [1.82, 2.24) is 0 Å². The third kappa shape index (κ3) is 1.73. The molecule has 0 bridgehead atoms. The van der Waals surface area contributed by atoms with Crippen molar-refractivity contribution in [3.8, 4) is 0 Å². The number of para-hydroxylation sites is 1. The van der Waals surface area contributed by atoms with Crippen molar-refractivity contribution < 1.29 is 0 Å². The van der Waals surface area contributed by atoms with Crippen molar-refractivity contribution >= 4 is 33.8 Å². The molecular formula is C12H9NS2. The van der Waals surface area contributed by atoms with Crippen LogP contribution in [0.2, 0.25) is 0 Å². The van der Waals surface area contributed by atoms with E-state index in [0.29, 0.717) is 0 Å². The van der Waals surface area contributed by atoms with Gasteiger partial charge in [0.05, 0.1) is 10.6 Å². The Kier molecular flexibility index (Phi) is 2.35. The minimum atomic E-state index is 1.03. The van der Waals surface area contributed by atoms with Gasteiger partial charge in [0.2, 0.25) is 0 Å². The second kappa shape index (κ2) is 3.83. The van der Waals surface area contributed by atoms with E-state index in [4.69, 9.17) is 0 Å². The smallest absolute Gasteiger partial charge is 0.114 e. The molecule has 2 heterocycles. The van der Waals surface area contributed by atoms with Gasteiger partial charge in [-0.15, -0.1) is 23.1 Å². The van der Waals surface area contributed by atoms with Crippen LogP contribution in [0, 0.1) is 0 Å². The molecule has 0 fully saturated rings. The fourth-order valence-electron chi connectivity index (χ4n) is 1.56. The Morgan fingerprint density at radius 3 is 2.87 bits per heavy atom. The Morgan fingerprint density at radius 2 is 2.00 bits per heavy atom. The van der Waals surface area contributed by atoms with Gasteiger partial charge in [-0.1, -0.05) is 24.3 Å². The quantitative estimate of drug-likeness (QED) is 0.720. The third-order valence-corrected chi connectivity index (χ3v) is 4.36. The molecular weight excluding hydrogens is 222 g/mol. The lowest BCUT2D eigenvalue weighted by atomic mass is 10.2. The molecule has 0 unspecified atom stereocenters. The Bertz CT molecular complexity index is 500. The Balaban J connectivity index is 2.06. The molecule has 1 nitrogen and oxygen atoms in total. The van der Waals surface area contributed by atoms with Crippen LogP contribution in [0.4, 0.5) is 5.69 Å². The topological polar surface area (TPSA) is 12.4 Å². The highest BCUT2D eigenvalue weighted by atomic mass is 32.2. The molecule has 15 heavy (non-hydrogen) atoms. The molecule has 3 rings (SSSR count). The number of hydrogen-bond donors (Lipinski definition) is 0. The lowest BCUT2D eigenvalue weighted by molar-refractivity contribution is 1.35. The zero-order valence-electron chi connectivity index (χ0n) is 8.01. The summed E-state index contributed by atoms with van der Waals surface area (Å²) in [5.74, 6) is 1.03. The first-order valence-corrected chi connectivity index (χ1v) is 6.63. The standard InChI is InChI=1S/C12H9NS2/c1-2-5-10-9(4-1)8-15-12(13-10)11-6-3-7-14-11/h1-7H,8H2. The molecule has 74 valence electrons. The van der Waals surface area contributed by atoms with E-state index in [1.54, 1.807) is 11.3 Å². The third-order valence-electron chi connectivity index (χ3n) is 2.31. The molecule has 0 radical (unpaired) electrons. The van der Waals surface area contributed by atoms with Crippen molar-refractivity contribution in [2.45, 2.75) is 5.75 Å². The molecule has 3 heteroatoms. The second-order valence-electron chi connectivity index (χ2n) is 3.31. The van der Waals surface area contributed by atoms with Crippen LogP contribution in [-0.2, 0) is 5.75 Å². The van der Waals surface area contributed by atoms with Crippen LogP contribution < -0.4 is 0 Å². The van der Waals surface area contributed by atoms with Crippen molar-refractivity contribution in [2.75, 3.05) is 0 Å². The lowest BCUT2D eigenvalue weighted by Gasteiger charge is -2.13. The summed E-state index contributed by atoms with van der Waals surface area (Å²) < 4.78 is 0. The number of aliphatic imine (C=N–C) groups is 1. The molecule has 1 aromatic carbocycles. The van der Waals surface area contributed by atoms with Crippen LogP contribution in [-0.4, -0.2) is 5.04 Å². The number of thioether (sulfide) groups is 1. The molecule has 0 aliphatic carbocycles. The van der Waals surface area contributed by atoms with E-state index in [-0.39, 0.29) is 0 Å². The van der Waals surface area contributed by atoms with Gasteiger partial charge in [-0.3, -0.25) is 0 Å². The van der Waals surface area contributed by atoms with Crippen molar-refractivity contribution in [2.24, 2.45) is 4.99 Å². The van der Waals surface area contributed by atoms with E-state index >= 15 is 0 Å². The van der Waals surface area contributed by atoms with Gasteiger partial charge in [-0.05, 0) is 23.1 Å². The fraction of sp³-hybridized carbons (Fsp3) is 0.0833. The van der Waals surface area contributed by atoms with E-state index in [2.05, 4.69) is 40.7 Å². The van der Waals surface area contributed by atoms with Crippen molar-refractivity contribution in [3.63, 3.8) is 0 Å².